The monoisotopic (exact) mass is 483 g/mol. The Kier molecular flexibility index (Phi) is 5.92. The molecule has 0 unspecified atom stereocenters. The lowest BCUT2D eigenvalue weighted by Crippen LogP contribution is -2.32. The zero-order chi connectivity index (χ0) is 18.7. The average molecular weight is 483 g/mol. The highest BCUT2D eigenvalue weighted by atomic mass is 127. The minimum Gasteiger partial charge on any atom is -0.335 e. The molecule has 1 heterocycles. The molecule has 1 atom stereocenters. The standard InChI is InChI=1S/C18H15FIN3O2S/c1-21-18(22-12-8-6-11(20)7-9-12)26-15-10-16(24)23(17(15)25)14-5-3-2-4-13(14)19/h2-9,15H,10H2,1H3,(H,21,22)/t15-/m1/s1. The molecule has 0 spiro atoms. The molecule has 1 N–H and O–H groups in total. The summed E-state index contributed by atoms with van der Waals surface area (Å²) in [5, 5.41) is 3.02. The summed E-state index contributed by atoms with van der Waals surface area (Å²) >= 11 is 3.38. The van der Waals surface area contributed by atoms with Crippen LogP contribution in [0.15, 0.2) is 53.5 Å². The summed E-state index contributed by atoms with van der Waals surface area (Å²) in [5.41, 5.74) is 0.826. The van der Waals surface area contributed by atoms with Crippen molar-refractivity contribution in [2.75, 3.05) is 17.3 Å². The number of hydrogen-bond donors (Lipinski definition) is 1. The van der Waals surface area contributed by atoms with Crippen molar-refractivity contribution in [3.05, 3.63) is 57.9 Å². The number of hydrogen-bond acceptors (Lipinski definition) is 4. The van der Waals surface area contributed by atoms with Gasteiger partial charge in [-0.1, -0.05) is 23.9 Å². The number of amides is 2. The van der Waals surface area contributed by atoms with Crippen LogP contribution in [0.1, 0.15) is 6.42 Å². The van der Waals surface area contributed by atoms with Crippen LogP contribution in [0.5, 0.6) is 0 Å². The SMILES string of the molecule is CN=C(Nc1ccc(I)cc1)S[C@@H]1CC(=O)N(c2ccccc2F)C1=O. The van der Waals surface area contributed by atoms with E-state index in [0.717, 1.165) is 14.2 Å². The second-order valence-electron chi connectivity index (χ2n) is 5.49. The first-order chi connectivity index (χ1) is 12.5. The molecule has 0 radical (unpaired) electrons. The maximum absolute atomic E-state index is 14.0. The van der Waals surface area contributed by atoms with Crippen LogP contribution in [-0.4, -0.2) is 29.3 Å². The van der Waals surface area contributed by atoms with Crippen molar-refractivity contribution in [2.24, 2.45) is 4.99 Å². The van der Waals surface area contributed by atoms with Crippen LogP contribution < -0.4 is 10.2 Å². The number of thioether (sulfide) groups is 1. The number of anilines is 2. The third kappa shape index (κ3) is 4.07. The highest BCUT2D eigenvalue weighted by molar-refractivity contribution is 14.1. The van der Waals surface area contributed by atoms with Gasteiger partial charge in [0.25, 0.3) is 0 Å². The quantitative estimate of drug-likeness (QED) is 0.312. The van der Waals surface area contributed by atoms with Crippen molar-refractivity contribution in [1.82, 2.24) is 0 Å². The molecule has 3 rings (SSSR count). The van der Waals surface area contributed by atoms with E-state index < -0.39 is 22.9 Å². The molecule has 1 aliphatic heterocycles. The molecular formula is C18H15FIN3O2S. The number of imide groups is 1. The number of nitrogens with zero attached hydrogens (tertiary/aromatic N) is 2. The molecule has 1 aliphatic rings. The van der Waals surface area contributed by atoms with E-state index in [-0.39, 0.29) is 12.1 Å². The molecule has 26 heavy (non-hydrogen) atoms. The zero-order valence-corrected chi connectivity index (χ0v) is 16.8. The van der Waals surface area contributed by atoms with Crippen LogP contribution in [0.4, 0.5) is 15.8 Å². The first-order valence-corrected chi connectivity index (χ1v) is 9.73. The Balaban J connectivity index is 1.73. The smallest absolute Gasteiger partial charge is 0.247 e. The fourth-order valence-electron chi connectivity index (χ4n) is 2.51. The van der Waals surface area contributed by atoms with Crippen molar-refractivity contribution in [2.45, 2.75) is 11.7 Å². The number of carbonyl (C=O) groups is 2. The summed E-state index contributed by atoms with van der Waals surface area (Å²) in [6.45, 7) is 0. The Bertz CT molecular complexity index is 873. The van der Waals surface area contributed by atoms with Crippen LogP contribution in [-0.2, 0) is 9.59 Å². The van der Waals surface area contributed by atoms with Gasteiger partial charge < -0.3 is 5.32 Å². The minimum atomic E-state index is -0.642. The summed E-state index contributed by atoms with van der Waals surface area (Å²) in [6, 6.07) is 13.5. The Morgan fingerprint density at radius 2 is 1.92 bits per heavy atom. The number of halogens is 2. The highest BCUT2D eigenvalue weighted by Gasteiger charge is 2.41. The normalized spacial score (nSPS) is 17.7. The predicted octanol–water partition coefficient (Wildman–Crippen LogP) is 3.89. The predicted molar refractivity (Wildman–Crippen MR) is 111 cm³/mol. The molecule has 134 valence electrons. The van der Waals surface area contributed by atoms with Gasteiger partial charge in [-0.25, -0.2) is 9.29 Å². The van der Waals surface area contributed by atoms with E-state index in [1.807, 2.05) is 24.3 Å². The number of aliphatic imine (C=N–C) groups is 1. The van der Waals surface area contributed by atoms with Gasteiger partial charge in [0.05, 0.1) is 5.69 Å². The van der Waals surface area contributed by atoms with E-state index in [4.69, 9.17) is 0 Å². The molecule has 2 aromatic rings. The second-order valence-corrected chi connectivity index (χ2v) is 7.93. The van der Waals surface area contributed by atoms with E-state index in [2.05, 4.69) is 32.9 Å². The molecular weight excluding hydrogens is 468 g/mol. The van der Waals surface area contributed by atoms with E-state index in [9.17, 15) is 14.0 Å². The number of amidine groups is 1. The molecule has 1 saturated heterocycles. The Morgan fingerprint density at radius 1 is 1.23 bits per heavy atom. The highest BCUT2D eigenvalue weighted by Crippen LogP contribution is 2.32. The van der Waals surface area contributed by atoms with Gasteiger partial charge in [-0.05, 0) is 59.0 Å². The third-order valence-electron chi connectivity index (χ3n) is 3.75. The van der Waals surface area contributed by atoms with Crippen molar-refractivity contribution >= 4 is 62.7 Å². The van der Waals surface area contributed by atoms with Crippen molar-refractivity contribution < 1.29 is 14.0 Å². The lowest BCUT2D eigenvalue weighted by molar-refractivity contribution is -0.121. The molecule has 0 saturated carbocycles. The van der Waals surface area contributed by atoms with Crippen molar-refractivity contribution in [3.8, 4) is 0 Å². The summed E-state index contributed by atoms with van der Waals surface area (Å²) < 4.78 is 15.1. The van der Waals surface area contributed by atoms with E-state index in [1.54, 1.807) is 13.1 Å². The maximum atomic E-state index is 14.0. The number of benzene rings is 2. The number of rotatable bonds is 3. The first kappa shape index (κ1) is 18.8. The van der Waals surface area contributed by atoms with Gasteiger partial charge in [-0.3, -0.25) is 14.6 Å². The molecule has 0 aliphatic carbocycles. The van der Waals surface area contributed by atoms with Gasteiger partial charge in [0, 0.05) is 22.7 Å². The summed E-state index contributed by atoms with van der Waals surface area (Å²) in [6.07, 6.45) is 0.00518. The minimum absolute atomic E-state index is 0.00518. The molecule has 0 bridgehead atoms. The Hall–Kier alpha value is -1.94. The second kappa shape index (κ2) is 8.17. The van der Waals surface area contributed by atoms with E-state index in [0.29, 0.717) is 5.17 Å². The van der Waals surface area contributed by atoms with Crippen LogP contribution in [0, 0.1) is 9.39 Å². The lowest BCUT2D eigenvalue weighted by atomic mass is 10.3. The molecule has 8 heteroatoms. The largest absolute Gasteiger partial charge is 0.335 e. The van der Waals surface area contributed by atoms with Gasteiger partial charge in [0.2, 0.25) is 11.8 Å². The number of carbonyl (C=O) groups excluding carboxylic acids is 2. The summed E-state index contributed by atoms with van der Waals surface area (Å²) in [7, 11) is 1.61. The Labute approximate surface area is 168 Å². The molecule has 1 fully saturated rings. The average Bonchev–Trinajstić information content (AvgIpc) is 2.90. The molecule has 0 aromatic heterocycles. The lowest BCUT2D eigenvalue weighted by Gasteiger charge is -2.16. The summed E-state index contributed by atoms with van der Waals surface area (Å²) in [5.74, 6) is -1.45. The van der Waals surface area contributed by atoms with Crippen LogP contribution >= 0.6 is 34.4 Å². The van der Waals surface area contributed by atoms with Crippen LogP contribution in [0.2, 0.25) is 0 Å². The number of para-hydroxylation sites is 1. The van der Waals surface area contributed by atoms with E-state index in [1.165, 1.54) is 30.0 Å². The van der Waals surface area contributed by atoms with Gasteiger partial charge in [0.1, 0.15) is 11.1 Å². The van der Waals surface area contributed by atoms with Crippen LogP contribution in [0.25, 0.3) is 0 Å². The molecule has 5 nitrogen and oxygen atoms in total. The third-order valence-corrected chi connectivity index (χ3v) is 5.63. The van der Waals surface area contributed by atoms with Gasteiger partial charge in [-0.15, -0.1) is 0 Å². The van der Waals surface area contributed by atoms with Gasteiger partial charge in [-0.2, -0.15) is 0 Å². The Morgan fingerprint density at radius 3 is 2.58 bits per heavy atom. The van der Waals surface area contributed by atoms with Gasteiger partial charge >= 0.3 is 0 Å². The molecule has 2 aromatic carbocycles. The van der Waals surface area contributed by atoms with E-state index >= 15 is 0 Å². The fourth-order valence-corrected chi connectivity index (χ4v) is 3.86. The first-order valence-electron chi connectivity index (χ1n) is 7.77. The van der Waals surface area contributed by atoms with Crippen molar-refractivity contribution in [1.29, 1.82) is 0 Å². The topological polar surface area (TPSA) is 61.8 Å². The molecule has 2 amide bonds. The number of nitrogens with one attached hydrogen (secondary N) is 1. The maximum Gasteiger partial charge on any atom is 0.247 e. The van der Waals surface area contributed by atoms with Crippen molar-refractivity contribution in [3.63, 3.8) is 0 Å². The van der Waals surface area contributed by atoms with Gasteiger partial charge in [0.15, 0.2) is 5.17 Å². The zero-order valence-electron chi connectivity index (χ0n) is 13.8. The summed E-state index contributed by atoms with van der Waals surface area (Å²) in [4.78, 5) is 30.0. The van der Waals surface area contributed by atoms with Crippen LogP contribution in [0.3, 0.4) is 0 Å². The fraction of sp³-hybridized carbons (Fsp3) is 0.167.